The van der Waals surface area contributed by atoms with Gasteiger partial charge in [0.1, 0.15) is 0 Å². The smallest absolute Gasteiger partial charge is 0.529 e. The monoisotopic (exact) mass is 495 g/mol. The first-order valence-corrected chi connectivity index (χ1v) is 14.4. The summed E-state index contributed by atoms with van der Waals surface area (Å²) in [4.78, 5) is 20.5. The standard InChI is InChI=1S/2C3H7NO2S4.Cu/c2*1-7-9-4(3(5)6)10-8-2;/h2*1-2H3,(H,5,6);/q;;+2/p-2. The van der Waals surface area contributed by atoms with Crippen molar-refractivity contribution >= 4 is 99.3 Å². The Bertz CT molecular complexity index is 241. The van der Waals surface area contributed by atoms with Gasteiger partial charge < -0.3 is 19.8 Å². The molecule has 0 atom stereocenters. The van der Waals surface area contributed by atoms with Crippen LogP contribution < -0.4 is 10.2 Å². The van der Waals surface area contributed by atoms with Gasteiger partial charge in [0, 0.05) is 43.9 Å². The summed E-state index contributed by atoms with van der Waals surface area (Å²) in [6.45, 7) is 0. The average Bonchev–Trinajstić information content (AvgIpc) is 2.38. The fourth-order valence-corrected chi connectivity index (χ4v) is 7.74. The zero-order chi connectivity index (χ0) is 16.0. The molecule has 0 aromatic carbocycles. The molecule has 15 heteroatoms. The SMILES string of the molecule is CSSN(SSC)C(=O)[O-].CSSN(SSC)C(=O)[O-].[Cu+2]. The maximum atomic E-state index is 10.2. The minimum Gasteiger partial charge on any atom is -0.529 e. The van der Waals surface area contributed by atoms with Crippen molar-refractivity contribution in [1.29, 1.82) is 0 Å². The van der Waals surface area contributed by atoms with Crippen LogP contribution in [-0.2, 0) is 17.1 Å². The van der Waals surface area contributed by atoms with Crippen LogP contribution in [0.15, 0.2) is 0 Å². The molecule has 0 aromatic rings. The van der Waals surface area contributed by atoms with Gasteiger partial charge >= 0.3 is 17.1 Å². The normalized spacial score (nSPS) is 8.95. The summed E-state index contributed by atoms with van der Waals surface area (Å²) < 4.78 is 2.19. The minimum atomic E-state index is -1.17. The van der Waals surface area contributed by atoms with E-state index < -0.39 is 12.2 Å². The van der Waals surface area contributed by atoms with Crippen LogP contribution in [0, 0.1) is 0 Å². The van der Waals surface area contributed by atoms with Gasteiger partial charge in [0.2, 0.25) is 0 Å². The Morgan fingerprint density at radius 1 is 0.667 bits per heavy atom. The van der Waals surface area contributed by atoms with E-state index in [1.807, 2.05) is 25.0 Å². The fourth-order valence-electron chi connectivity index (χ4n) is 0.417. The zero-order valence-electron chi connectivity index (χ0n) is 11.1. The van der Waals surface area contributed by atoms with Crippen LogP contribution in [0.5, 0.6) is 0 Å². The Hall–Kier alpha value is 1.86. The molecule has 2 amide bonds. The van der Waals surface area contributed by atoms with Gasteiger partial charge in [0.05, 0.1) is 0 Å². The summed E-state index contributed by atoms with van der Waals surface area (Å²) >= 11 is 0. The van der Waals surface area contributed by atoms with Crippen molar-refractivity contribution in [2.24, 2.45) is 0 Å². The van der Waals surface area contributed by atoms with Crippen molar-refractivity contribution in [2.75, 3.05) is 25.0 Å². The number of nitrogens with zero attached hydrogens (tertiary/aromatic N) is 2. The quantitative estimate of drug-likeness (QED) is 0.281. The summed E-state index contributed by atoms with van der Waals surface area (Å²) in [5, 5.41) is 20.5. The second-order valence-electron chi connectivity index (χ2n) is 2.01. The first-order chi connectivity index (χ1) is 9.44. The topological polar surface area (TPSA) is 86.7 Å². The fraction of sp³-hybridized carbons (Fsp3) is 0.667. The van der Waals surface area contributed by atoms with Crippen LogP contribution in [0.1, 0.15) is 0 Å². The number of carbonyl (C=O) groups excluding carboxylic acids is 2. The molecule has 0 aliphatic rings. The number of amides is 2. The van der Waals surface area contributed by atoms with Crippen molar-refractivity contribution in [3.63, 3.8) is 0 Å². The van der Waals surface area contributed by atoms with Gasteiger partial charge in [-0.15, -0.1) is 0 Å². The van der Waals surface area contributed by atoms with Crippen molar-refractivity contribution in [3.8, 4) is 0 Å². The van der Waals surface area contributed by atoms with Crippen molar-refractivity contribution in [1.82, 2.24) is 7.42 Å². The van der Waals surface area contributed by atoms with Crippen LogP contribution in [0.3, 0.4) is 0 Å². The van der Waals surface area contributed by atoms with E-state index in [1.165, 1.54) is 43.2 Å². The third-order valence-electron chi connectivity index (χ3n) is 0.867. The third kappa shape index (κ3) is 18.0. The van der Waals surface area contributed by atoms with Gasteiger partial charge in [0.25, 0.3) is 0 Å². The number of rotatable bonds is 8. The molecule has 1 radical (unpaired) electrons. The molecule has 21 heavy (non-hydrogen) atoms. The van der Waals surface area contributed by atoms with Crippen molar-refractivity contribution in [2.45, 2.75) is 0 Å². The van der Waals surface area contributed by atoms with Crippen molar-refractivity contribution < 1.29 is 36.9 Å². The summed E-state index contributed by atoms with van der Waals surface area (Å²) in [5.74, 6) is 0. The largest absolute Gasteiger partial charge is 2.00 e. The minimum absolute atomic E-state index is 0. The Morgan fingerprint density at radius 3 is 0.952 bits per heavy atom. The molecule has 0 rings (SSSR count). The van der Waals surface area contributed by atoms with Gasteiger partial charge in [-0.25, -0.2) is 7.42 Å². The van der Waals surface area contributed by atoms with E-state index in [0.717, 1.165) is 51.3 Å². The molecule has 0 aliphatic heterocycles. The Labute approximate surface area is 167 Å². The predicted octanol–water partition coefficient (Wildman–Crippen LogP) is 2.97. The van der Waals surface area contributed by atoms with Gasteiger partial charge in [-0.05, 0) is 25.0 Å². The van der Waals surface area contributed by atoms with E-state index in [-0.39, 0.29) is 17.1 Å². The maximum absolute atomic E-state index is 10.2. The molecule has 0 heterocycles. The molecule has 0 fully saturated rings. The average molecular weight is 496 g/mol. The molecule has 6 nitrogen and oxygen atoms in total. The molecule has 0 N–H and O–H groups in total. The molecule has 0 aliphatic carbocycles. The number of carbonyl (C=O) groups is 2. The molecule has 0 aromatic heterocycles. The first-order valence-electron chi connectivity index (χ1n) is 4.29. The van der Waals surface area contributed by atoms with Gasteiger partial charge in [0.15, 0.2) is 12.2 Å². The molecular weight excluding hydrogens is 484 g/mol. The predicted molar refractivity (Wildman–Crippen MR) is 98.9 cm³/mol. The first kappa shape index (κ1) is 27.7. The van der Waals surface area contributed by atoms with E-state index in [2.05, 4.69) is 0 Å². The summed E-state index contributed by atoms with van der Waals surface area (Å²) in [6, 6.07) is 0. The molecule has 0 saturated carbocycles. The Morgan fingerprint density at radius 2 is 0.857 bits per heavy atom. The third-order valence-corrected chi connectivity index (χ3v) is 8.21. The van der Waals surface area contributed by atoms with Crippen LogP contribution in [0.4, 0.5) is 9.59 Å². The Balaban J connectivity index is -0.000000295. The van der Waals surface area contributed by atoms with E-state index in [1.54, 1.807) is 0 Å². The molecule has 0 saturated heterocycles. The van der Waals surface area contributed by atoms with Gasteiger partial charge in [-0.3, -0.25) is 0 Å². The van der Waals surface area contributed by atoms with Gasteiger partial charge in [-0.1, -0.05) is 43.2 Å². The van der Waals surface area contributed by atoms with E-state index in [4.69, 9.17) is 0 Å². The summed E-state index contributed by atoms with van der Waals surface area (Å²) in [7, 11) is 10.0. The molecule has 0 unspecified atom stereocenters. The zero-order valence-corrected chi connectivity index (χ0v) is 18.6. The number of carboxylic acid groups (broad SMARTS) is 2. The van der Waals surface area contributed by atoms with E-state index in [9.17, 15) is 19.8 Å². The van der Waals surface area contributed by atoms with Crippen LogP contribution in [-0.4, -0.2) is 44.6 Å². The van der Waals surface area contributed by atoms with Crippen LogP contribution >= 0.6 is 87.1 Å². The van der Waals surface area contributed by atoms with Crippen LogP contribution in [0.2, 0.25) is 0 Å². The van der Waals surface area contributed by atoms with Crippen LogP contribution in [0.25, 0.3) is 0 Å². The molecule has 0 spiro atoms. The molecular formula is C6H12CuN2O4S8. The Kier molecular flexibility index (Phi) is 26.3. The van der Waals surface area contributed by atoms with Gasteiger partial charge in [-0.2, -0.15) is 0 Å². The maximum Gasteiger partial charge on any atom is 2.00 e. The summed E-state index contributed by atoms with van der Waals surface area (Å²) in [6.07, 6.45) is 4.89. The molecule has 0 bridgehead atoms. The van der Waals surface area contributed by atoms with E-state index >= 15 is 0 Å². The van der Waals surface area contributed by atoms with Crippen molar-refractivity contribution in [3.05, 3.63) is 0 Å². The van der Waals surface area contributed by atoms with E-state index in [0.29, 0.717) is 0 Å². The number of hydrogen-bond acceptors (Lipinski definition) is 12. The summed E-state index contributed by atoms with van der Waals surface area (Å²) in [5.41, 5.74) is 0. The number of hydrogen-bond donors (Lipinski definition) is 0. The second kappa shape index (κ2) is 19.9. The second-order valence-corrected chi connectivity index (χ2v) is 11.7. The molecule has 129 valence electrons.